The Morgan fingerprint density at radius 2 is 1.42 bits per heavy atom. The largest absolute Gasteiger partial charge is 0.352 e. The molecular weight excluding hydrogens is 619 g/mol. The molecule has 0 radical (unpaired) electrons. The summed E-state index contributed by atoms with van der Waals surface area (Å²) in [6.45, 7) is 5.56. The Hall–Kier alpha value is -4.43. The third-order valence-electron chi connectivity index (χ3n) is 9.35. The molecule has 0 aliphatic heterocycles. The van der Waals surface area contributed by atoms with Crippen LogP contribution in [-0.4, -0.2) is 43.8 Å². The molecule has 7 nitrogen and oxygen atoms in total. The number of aryl methyl sites for hydroxylation is 3. The molecule has 1 saturated carbocycles. The van der Waals surface area contributed by atoms with Crippen LogP contribution in [0.15, 0.2) is 108 Å². The normalized spacial score (nSPS) is 14.2. The summed E-state index contributed by atoms with van der Waals surface area (Å²) >= 11 is 0. The van der Waals surface area contributed by atoms with Gasteiger partial charge in [0, 0.05) is 19.0 Å². The van der Waals surface area contributed by atoms with Crippen molar-refractivity contribution in [1.82, 2.24) is 10.2 Å². The summed E-state index contributed by atoms with van der Waals surface area (Å²) in [5.74, 6) is -0.658. The number of nitrogens with zero attached hydrogens (tertiary/aromatic N) is 2. The Kier molecular flexibility index (Phi) is 11.7. The van der Waals surface area contributed by atoms with Gasteiger partial charge in [-0.2, -0.15) is 0 Å². The first-order valence-corrected chi connectivity index (χ1v) is 18.5. The lowest BCUT2D eigenvalue weighted by Gasteiger charge is -2.35. The SMILES string of the molecule is CCc1ccccc1N(CC(=O)N(Cc1ccccc1C)[C@@H](Cc1ccccc1)C(=O)NC1CCCCC1)S(=O)(=O)c1ccc(C)cc1. The number of benzene rings is 4. The number of nitrogens with one attached hydrogen (secondary N) is 1. The van der Waals surface area contributed by atoms with Crippen molar-refractivity contribution in [2.45, 2.75) is 89.2 Å². The van der Waals surface area contributed by atoms with E-state index >= 15 is 0 Å². The number of carbonyl (C=O) groups excluding carboxylic acids is 2. The van der Waals surface area contributed by atoms with E-state index in [0.717, 1.165) is 59.9 Å². The third-order valence-corrected chi connectivity index (χ3v) is 11.1. The molecule has 0 bridgehead atoms. The van der Waals surface area contributed by atoms with E-state index < -0.39 is 28.5 Å². The Morgan fingerprint density at radius 3 is 2.08 bits per heavy atom. The van der Waals surface area contributed by atoms with Gasteiger partial charge in [-0.05, 0) is 73.6 Å². The van der Waals surface area contributed by atoms with Crippen LogP contribution in [0.25, 0.3) is 0 Å². The van der Waals surface area contributed by atoms with Gasteiger partial charge in [0.25, 0.3) is 10.0 Å². The molecule has 0 saturated heterocycles. The lowest BCUT2D eigenvalue weighted by Crippen LogP contribution is -2.55. The second-order valence-corrected chi connectivity index (χ2v) is 14.7. The van der Waals surface area contributed by atoms with Crippen LogP contribution in [0.5, 0.6) is 0 Å². The predicted octanol–water partition coefficient (Wildman–Crippen LogP) is 7.15. The van der Waals surface area contributed by atoms with Gasteiger partial charge in [0.2, 0.25) is 11.8 Å². The van der Waals surface area contributed by atoms with E-state index in [0.29, 0.717) is 18.5 Å². The molecule has 1 aliphatic rings. The van der Waals surface area contributed by atoms with Gasteiger partial charge in [0.15, 0.2) is 0 Å². The molecule has 0 aromatic heterocycles. The highest BCUT2D eigenvalue weighted by Gasteiger charge is 2.36. The van der Waals surface area contributed by atoms with Crippen LogP contribution in [-0.2, 0) is 39.0 Å². The molecule has 4 aromatic rings. The second-order valence-electron chi connectivity index (χ2n) is 12.8. The minimum Gasteiger partial charge on any atom is -0.352 e. The molecule has 252 valence electrons. The number of amides is 2. The van der Waals surface area contributed by atoms with Crippen LogP contribution >= 0.6 is 0 Å². The lowest BCUT2D eigenvalue weighted by atomic mass is 9.94. The summed E-state index contributed by atoms with van der Waals surface area (Å²) in [6.07, 6.45) is 5.97. The quantitative estimate of drug-likeness (QED) is 0.164. The highest BCUT2D eigenvalue weighted by atomic mass is 32.2. The predicted molar refractivity (Wildman–Crippen MR) is 192 cm³/mol. The van der Waals surface area contributed by atoms with Gasteiger partial charge in [-0.15, -0.1) is 0 Å². The fourth-order valence-corrected chi connectivity index (χ4v) is 7.93. The maximum Gasteiger partial charge on any atom is 0.264 e. The van der Waals surface area contributed by atoms with Gasteiger partial charge >= 0.3 is 0 Å². The van der Waals surface area contributed by atoms with Crippen molar-refractivity contribution < 1.29 is 18.0 Å². The summed E-state index contributed by atoms with van der Waals surface area (Å²) in [5.41, 5.74) is 5.00. The summed E-state index contributed by atoms with van der Waals surface area (Å²) in [6, 6.07) is 30.7. The fraction of sp³-hybridized carbons (Fsp3) is 0.350. The van der Waals surface area contributed by atoms with Gasteiger partial charge in [0.1, 0.15) is 12.6 Å². The van der Waals surface area contributed by atoms with Crippen molar-refractivity contribution in [1.29, 1.82) is 0 Å². The first-order valence-electron chi connectivity index (χ1n) is 17.0. The van der Waals surface area contributed by atoms with Crippen molar-refractivity contribution in [2.75, 3.05) is 10.8 Å². The molecular formula is C40H47N3O4S. The zero-order chi connectivity index (χ0) is 34.1. The van der Waals surface area contributed by atoms with E-state index in [2.05, 4.69) is 5.32 Å². The van der Waals surface area contributed by atoms with Crippen LogP contribution in [0, 0.1) is 13.8 Å². The van der Waals surface area contributed by atoms with Gasteiger partial charge in [-0.25, -0.2) is 8.42 Å². The number of para-hydroxylation sites is 1. The topological polar surface area (TPSA) is 86.8 Å². The van der Waals surface area contributed by atoms with E-state index in [9.17, 15) is 18.0 Å². The van der Waals surface area contributed by atoms with Gasteiger partial charge < -0.3 is 10.2 Å². The first-order chi connectivity index (χ1) is 23.2. The summed E-state index contributed by atoms with van der Waals surface area (Å²) in [4.78, 5) is 30.9. The lowest BCUT2D eigenvalue weighted by molar-refractivity contribution is -0.140. The van der Waals surface area contributed by atoms with Crippen LogP contribution in [0.1, 0.15) is 66.8 Å². The standard InChI is InChI=1S/C40H47N3O4S/c1-4-33-18-13-14-22-37(33)43(48(46,47)36-25-23-30(2)24-26-36)29-39(44)42(28-34-19-12-11-15-31(34)3)38(27-32-16-7-5-8-17-32)40(45)41-35-20-9-6-10-21-35/h5,7-8,11-19,22-26,35,38H,4,6,9-10,20-21,27-29H2,1-3H3,(H,41,45)/t38-/m0/s1. The molecule has 1 aliphatic carbocycles. The van der Waals surface area contributed by atoms with E-state index in [4.69, 9.17) is 0 Å². The fourth-order valence-electron chi connectivity index (χ4n) is 6.47. The summed E-state index contributed by atoms with van der Waals surface area (Å²) in [5, 5.41) is 3.27. The smallest absolute Gasteiger partial charge is 0.264 e. The first kappa shape index (κ1) is 34.9. The number of anilines is 1. The molecule has 8 heteroatoms. The van der Waals surface area contributed by atoms with Crippen molar-refractivity contribution in [3.8, 4) is 0 Å². The number of hydrogen-bond donors (Lipinski definition) is 1. The zero-order valence-corrected chi connectivity index (χ0v) is 29.1. The Bertz CT molecular complexity index is 1780. The molecule has 5 rings (SSSR count). The molecule has 0 heterocycles. The van der Waals surface area contributed by atoms with E-state index in [-0.39, 0.29) is 23.4 Å². The number of hydrogen-bond acceptors (Lipinski definition) is 4. The number of carbonyl (C=O) groups is 2. The molecule has 1 fully saturated rings. The second kappa shape index (κ2) is 16.1. The zero-order valence-electron chi connectivity index (χ0n) is 28.3. The summed E-state index contributed by atoms with van der Waals surface area (Å²) < 4.78 is 30.1. The van der Waals surface area contributed by atoms with Gasteiger partial charge in [-0.3, -0.25) is 13.9 Å². The Morgan fingerprint density at radius 1 is 0.792 bits per heavy atom. The molecule has 2 amide bonds. The molecule has 48 heavy (non-hydrogen) atoms. The van der Waals surface area contributed by atoms with Gasteiger partial charge in [0.05, 0.1) is 10.6 Å². The Balaban J connectivity index is 1.59. The van der Waals surface area contributed by atoms with Crippen molar-refractivity contribution in [2.24, 2.45) is 0 Å². The molecule has 0 spiro atoms. The van der Waals surface area contributed by atoms with Crippen LogP contribution in [0.3, 0.4) is 0 Å². The maximum absolute atomic E-state index is 14.8. The van der Waals surface area contributed by atoms with Crippen molar-refractivity contribution in [3.05, 3.63) is 131 Å². The van der Waals surface area contributed by atoms with Crippen molar-refractivity contribution in [3.63, 3.8) is 0 Å². The number of rotatable bonds is 13. The molecule has 1 atom stereocenters. The van der Waals surface area contributed by atoms with Gasteiger partial charge in [-0.1, -0.05) is 117 Å². The Labute approximate surface area is 286 Å². The van der Waals surface area contributed by atoms with E-state index in [1.165, 1.54) is 4.31 Å². The minimum absolute atomic E-state index is 0.0507. The highest BCUT2D eigenvalue weighted by Crippen LogP contribution is 2.29. The maximum atomic E-state index is 14.8. The highest BCUT2D eigenvalue weighted by molar-refractivity contribution is 7.92. The number of sulfonamides is 1. The average molecular weight is 666 g/mol. The molecule has 1 N–H and O–H groups in total. The molecule has 0 unspecified atom stereocenters. The molecule has 4 aromatic carbocycles. The van der Waals surface area contributed by atoms with E-state index in [1.54, 1.807) is 41.3 Å². The van der Waals surface area contributed by atoms with E-state index in [1.807, 2.05) is 87.5 Å². The van der Waals surface area contributed by atoms with Crippen LogP contribution in [0.2, 0.25) is 0 Å². The minimum atomic E-state index is -4.16. The van der Waals surface area contributed by atoms with Crippen LogP contribution in [0.4, 0.5) is 5.69 Å². The third kappa shape index (κ3) is 8.53. The van der Waals surface area contributed by atoms with Crippen molar-refractivity contribution >= 4 is 27.5 Å². The monoisotopic (exact) mass is 665 g/mol. The van der Waals surface area contributed by atoms with Crippen LogP contribution < -0.4 is 9.62 Å². The summed E-state index contributed by atoms with van der Waals surface area (Å²) in [7, 11) is -4.16. The average Bonchev–Trinajstić information content (AvgIpc) is 3.10.